The molecule has 0 unspecified atom stereocenters. The van der Waals surface area contributed by atoms with Gasteiger partial charge >= 0.3 is 5.97 Å². The third kappa shape index (κ3) is 4.04. The Kier molecular flexibility index (Phi) is 4.44. The van der Waals surface area contributed by atoms with E-state index in [-0.39, 0.29) is 5.76 Å². The highest BCUT2D eigenvalue weighted by atomic mass is 16.5. The average molecular weight is 307 g/mol. The molecule has 0 amide bonds. The number of nitrogens with zero attached hydrogens (tertiary/aromatic N) is 2. The van der Waals surface area contributed by atoms with Crippen LogP contribution in [0, 0.1) is 0 Å². The van der Waals surface area contributed by atoms with Gasteiger partial charge in [0, 0.05) is 6.20 Å². The number of aromatic nitrogens is 1. The van der Waals surface area contributed by atoms with E-state index in [0.29, 0.717) is 11.6 Å². The summed E-state index contributed by atoms with van der Waals surface area (Å²) in [5, 5.41) is 4.09. The van der Waals surface area contributed by atoms with Crippen LogP contribution in [-0.4, -0.2) is 17.2 Å². The normalized spacial score (nSPS) is 10.6. The predicted molar refractivity (Wildman–Crippen MR) is 85.6 cm³/mol. The van der Waals surface area contributed by atoms with Gasteiger partial charge in [0.05, 0.1) is 12.5 Å². The summed E-state index contributed by atoms with van der Waals surface area (Å²) in [4.78, 5) is 15.9. The Hall–Kier alpha value is -3.41. The van der Waals surface area contributed by atoms with E-state index in [4.69, 9.17) is 9.15 Å². The van der Waals surface area contributed by atoms with Crippen molar-refractivity contribution in [1.82, 2.24) is 4.98 Å². The second-order valence-electron chi connectivity index (χ2n) is 4.52. The summed E-state index contributed by atoms with van der Waals surface area (Å²) in [7, 11) is 0. The Morgan fingerprint density at radius 2 is 2.13 bits per heavy atom. The van der Waals surface area contributed by atoms with E-state index in [1.807, 2.05) is 18.2 Å². The molecule has 114 valence electrons. The van der Waals surface area contributed by atoms with Crippen LogP contribution >= 0.6 is 0 Å². The number of hydrogen-bond donors (Lipinski definition) is 1. The van der Waals surface area contributed by atoms with Crippen molar-refractivity contribution >= 4 is 18.0 Å². The number of rotatable bonds is 5. The Labute approximate surface area is 132 Å². The highest BCUT2D eigenvalue weighted by Gasteiger charge is 2.11. The zero-order valence-corrected chi connectivity index (χ0v) is 12.0. The van der Waals surface area contributed by atoms with Gasteiger partial charge < -0.3 is 9.15 Å². The lowest BCUT2D eigenvalue weighted by molar-refractivity contribution is 0.0701. The van der Waals surface area contributed by atoms with E-state index in [1.165, 1.54) is 6.26 Å². The number of furan rings is 1. The van der Waals surface area contributed by atoms with Crippen LogP contribution < -0.4 is 10.2 Å². The van der Waals surface area contributed by atoms with Gasteiger partial charge in [-0.2, -0.15) is 5.10 Å². The summed E-state index contributed by atoms with van der Waals surface area (Å²) in [5.41, 5.74) is 3.59. The molecular weight excluding hydrogens is 294 g/mol. The van der Waals surface area contributed by atoms with E-state index < -0.39 is 5.97 Å². The molecule has 0 bridgehead atoms. The number of carbonyl (C=O) groups is 1. The molecule has 0 saturated heterocycles. The van der Waals surface area contributed by atoms with Crippen molar-refractivity contribution in [3.05, 3.63) is 78.4 Å². The number of carbonyl (C=O) groups excluding carboxylic acids is 1. The monoisotopic (exact) mass is 307 g/mol. The van der Waals surface area contributed by atoms with E-state index >= 15 is 0 Å². The maximum atomic E-state index is 11.8. The van der Waals surface area contributed by atoms with Crippen molar-refractivity contribution in [2.24, 2.45) is 5.10 Å². The molecule has 1 N–H and O–H groups in total. The van der Waals surface area contributed by atoms with Crippen LogP contribution in [0.25, 0.3) is 0 Å². The molecule has 0 spiro atoms. The standard InChI is InChI=1S/C17H13N3O3/c21-17(15-7-4-10-22-15)23-14-6-3-5-13(11-14)12-19-20-16-8-1-2-9-18-16/h1-12H,(H,18,20). The maximum Gasteiger partial charge on any atom is 0.379 e. The molecule has 2 aromatic heterocycles. The number of pyridine rings is 1. The van der Waals surface area contributed by atoms with Gasteiger partial charge in [0.1, 0.15) is 11.6 Å². The van der Waals surface area contributed by atoms with E-state index in [1.54, 1.807) is 48.8 Å². The first-order valence-electron chi connectivity index (χ1n) is 6.87. The van der Waals surface area contributed by atoms with Crippen molar-refractivity contribution in [3.63, 3.8) is 0 Å². The Bertz CT molecular complexity index is 799. The fraction of sp³-hybridized carbons (Fsp3) is 0. The van der Waals surface area contributed by atoms with Crippen LogP contribution in [0.3, 0.4) is 0 Å². The molecule has 0 aliphatic carbocycles. The maximum absolute atomic E-state index is 11.8. The smallest absolute Gasteiger partial charge is 0.379 e. The summed E-state index contributed by atoms with van der Waals surface area (Å²) in [6, 6.07) is 15.7. The SMILES string of the molecule is O=C(Oc1cccc(C=NNc2ccccn2)c1)c1ccco1. The summed E-state index contributed by atoms with van der Waals surface area (Å²) in [5.74, 6) is 0.661. The van der Waals surface area contributed by atoms with Crippen molar-refractivity contribution in [2.45, 2.75) is 0 Å². The van der Waals surface area contributed by atoms with Gasteiger partial charge in [-0.3, -0.25) is 5.43 Å². The Balaban J connectivity index is 1.64. The molecule has 3 aromatic rings. The first-order valence-corrected chi connectivity index (χ1v) is 6.87. The fourth-order valence-corrected chi connectivity index (χ4v) is 1.81. The van der Waals surface area contributed by atoms with Crippen LogP contribution in [0.4, 0.5) is 5.82 Å². The van der Waals surface area contributed by atoms with E-state index in [9.17, 15) is 4.79 Å². The van der Waals surface area contributed by atoms with Crippen molar-refractivity contribution in [3.8, 4) is 5.75 Å². The number of esters is 1. The van der Waals surface area contributed by atoms with Crippen LogP contribution in [0.1, 0.15) is 16.1 Å². The molecule has 0 aliphatic rings. The highest BCUT2D eigenvalue weighted by molar-refractivity contribution is 5.88. The van der Waals surface area contributed by atoms with Crippen LogP contribution in [0.5, 0.6) is 5.75 Å². The van der Waals surface area contributed by atoms with Gasteiger partial charge in [-0.25, -0.2) is 9.78 Å². The van der Waals surface area contributed by atoms with Crippen LogP contribution in [-0.2, 0) is 0 Å². The Morgan fingerprint density at radius 1 is 1.17 bits per heavy atom. The fourth-order valence-electron chi connectivity index (χ4n) is 1.81. The second kappa shape index (κ2) is 7.04. The first-order chi connectivity index (χ1) is 11.3. The predicted octanol–water partition coefficient (Wildman–Crippen LogP) is 3.34. The van der Waals surface area contributed by atoms with Crippen molar-refractivity contribution in [2.75, 3.05) is 5.43 Å². The second-order valence-corrected chi connectivity index (χ2v) is 4.52. The molecule has 0 fully saturated rings. The van der Waals surface area contributed by atoms with Gasteiger partial charge in [0.25, 0.3) is 0 Å². The van der Waals surface area contributed by atoms with Gasteiger partial charge in [0.2, 0.25) is 5.76 Å². The number of ether oxygens (including phenoxy) is 1. The minimum Gasteiger partial charge on any atom is -0.457 e. The van der Waals surface area contributed by atoms with Crippen molar-refractivity contribution in [1.29, 1.82) is 0 Å². The zero-order chi connectivity index (χ0) is 15.9. The summed E-state index contributed by atoms with van der Waals surface area (Å²) in [6.07, 6.45) is 4.70. The molecule has 1 aromatic carbocycles. The lowest BCUT2D eigenvalue weighted by atomic mass is 10.2. The molecule has 0 atom stereocenters. The molecule has 0 radical (unpaired) electrons. The number of benzene rings is 1. The van der Waals surface area contributed by atoms with Crippen LogP contribution in [0.15, 0.2) is 76.6 Å². The number of hydrazone groups is 1. The molecule has 2 heterocycles. The molecule has 6 nitrogen and oxygen atoms in total. The molecule has 23 heavy (non-hydrogen) atoms. The van der Waals surface area contributed by atoms with Gasteiger partial charge in [-0.1, -0.05) is 18.2 Å². The largest absolute Gasteiger partial charge is 0.457 e. The zero-order valence-electron chi connectivity index (χ0n) is 12.0. The van der Waals surface area contributed by atoms with E-state index in [2.05, 4.69) is 15.5 Å². The van der Waals surface area contributed by atoms with Gasteiger partial charge in [0.15, 0.2) is 0 Å². The summed E-state index contributed by atoms with van der Waals surface area (Å²) >= 11 is 0. The minimum absolute atomic E-state index is 0.154. The number of anilines is 1. The molecule has 0 saturated carbocycles. The average Bonchev–Trinajstić information content (AvgIpc) is 3.11. The highest BCUT2D eigenvalue weighted by Crippen LogP contribution is 2.14. The van der Waals surface area contributed by atoms with E-state index in [0.717, 1.165) is 5.56 Å². The summed E-state index contributed by atoms with van der Waals surface area (Å²) < 4.78 is 10.2. The van der Waals surface area contributed by atoms with Gasteiger partial charge in [-0.15, -0.1) is 0 Å². The Morgan fingerprint density at radius 3 is 2.91 bits per heavy atom. The lowest BCUT2D eigenvalue weighted by Crippen LogP contribution is -2.07. The third-order valence-electron chi connectivity index (χ3n) is 2.85. The quantitative estimate of drug-likeness (QED) is 0.338. The van der Waals surface area contributed by atoms with Crippen molar-refractivity contribution < 1.29 is 13.9 Å². The molecule has 0 aliphatic heterocycles. The minimum atomic E-state index is -0.546. The van der Waals surface area contributed by atoms with Gasteiger partial charge in [-0.05, 0) is 42.0 Å². The molecule has 6 heteroatoms. The third-order valence-corrected chi connectivity index (χ3v) is 2.85. The number of nitrogens with one attached hydrogen (secondary N) is 1. The number of hydrogen-bond acceptors (Lipinski definition) is 6. The molecule has 3 rings (SSSR count). The summed E-state index contributed by atoms with van der Waals surface area (Å²) in [6.45, 7) is 0. The van der Waals surface area contributed by atoms with Crippen LogP contribution in [0.2, 0.25) is 0 Å². The lowest BCUT2D eigenvalue weighted by Gasteiger charge is -2.03. The first kappa shape index (κ1) is 14.5. The topological polar surface area (TPSA) is 76.7 Å². The molecular formula is C17H13N3O3.